The summed E-state index contributed by atoms with van der Waals surface area (Å²) in [6.45, 7) is 4.97. The summed E-state index contributed by atoms with van der Waals surface area (Å²) >= 11 is 0. The van der Waals surface area contributed by atoms with Gasteiger partial charge in [-0.3, -0.25) is 9.52 Å². The van der Waals surface area contributed by atoms with Gasteiger partial charge in [-0.25, -0.2) is 8.42 Å². The number of aryl methyl sites for hydroxylation is 1. The number of ether oxygens (including phenoxy) is 1. The van der Waals surface area contributed by atoms with Crippen LogP contribution < -0.4 is 14.9 Å². The van der Waals surface area contributed by atoms with Crippen molar-refractivity contribution in [2.75, 3.05) is 41.2 Å². The Bertz CT molecular complexity index is 1190. The van der Waals surface area contributed by atoms with Crippen LogP contribution in [0.4, 0.5) is 17.1 Å². The first-order valence-corrected chi connectivity index (χ1v) is 11.8. The van der Waals surface area contributed by atoms with Crippen molar-refractivity contribution in [3.63, 3.8) is 0 Å². The van der Waals surface area contributed by atoms with E-state index in [4.69, 9.17) is 4.74 Å². The van der Waals surface area contributed by atoms with Gasteiger partial charge in [-0.15, -0.1) is 0 Å². The van der Waals surface area contributed by atoms with E-state index in [-0.39, 0.29) is 10.8 Å². The Kier molecular flexibility index (Phi) is 6.43. The summed E-state index contributed by atoms with van der Waals surface area (Å²) in [7, 11) is -3.72. The van der Waals surface area contributed by atoms with E-state index >= 15 is 0 Å². The molecule has 7 nitrogen and oxygen atoms in total. The first kappa shape index (κ1) is 21.9. The molecule has 2 N–H and O–H groups in total. The Labute approximate surface area is 188 Å². The smallest absolute Gasteiger partial charge is 0.261 e. The minimum Gasteiger partial charge on any atom is -0.378 e. The summed E-state index contributed by atoms with van der Waals surface area (Å²) in [5.74, 6) is -0.257. The fourth-order valence-electron chi connectivity index (χ4n) is 3.49. The van der Waals surface area contributed by atoms with E-state index in [9.17, 15) is 13.2 Å². The molecule has 3 aromatic rings. The summed E-state index contributed by atoms with van der Waals surface area (Å²) < 4.78 is 33.2. The molecule has 0 unspecified atom stereocenters. The summed E-state index contributed by atoms with van der Waals surface area (Å²) in [4.78, 5) is 14.9. The third-order valence-corrected chi connectivity index (χ3v) is 6.60. The number of carbonyl (C=O) groups excluding carboxylic acids is 1. The van der Waals surface area contributed by atoms with Gasteiger partial charge in [0.05, 0.1) is 18.1 Å². The van der Waals surface area contributed by atoms with Crippen LogP contribution in [0, 0.1) is 6.92 Å². The first-order chi connectivity index (χ1) is 15.4. The van der Waals surface area contributed by atoms with Crippen LogP contribution in [0.15, 0.2) is 77.7 Å². The molecule has 8 heteroatoms. The van der Waals surface area contributed by atoms with Crippen molar-refractivity contribution >= 4 is 33.0 Å². The van der Waals surface area contributed by atoms with Crippen LogP contribution in [0.5, 0.6) is 0 Å². The van der Waals surface area contributed by atoms with Crippen LogP contribution in [0.25, 0.3) is 0 Å². The monoisotopic (exact) mass is 451 g/mol. The highest BCUT2D eigenvalue weighted by molar-refractivity contribution is 7.92. The van der Waals surface area contributed by atoms with Crippen molar-refractivity contribution in [3.05, 3.63) is 83.9 Å². The Morgan fingerprint density at radius 3 is 2.25 bits per heavy atom. The Morgan fingerprint density at radius 2 is 1.59 bits per heavy atom. The number of morpholine rings is 1. The summed E-state index contributed by atoms with van der Waals surface area (Å²) in [5, 5.41) is 2.81. The fraction of sp³-hybridized carbons (Fsp3) is 0.208. The summed E-state index contributed by atoms with van der Waals surface area (Å²) in [6, 6.07) is 20.6. The highest BCUT2D eigenvalue weighted by atomic mass is 32.2. The van der Waals surface area contributed by atoms with Crippen molar-refractivity contribution in [2.24, 2.45) is 0 Å². The second-order valence-corrected chi connectivity index (χ2v) is 9.28. The van der Waals surface area contributed by atoms with Crippen molar-refractivity contribution in [1.29, 1.82) is 0 Å². The molecule has 32 heavy (non-hydrogen) atoms. The molecule has 1 aliphatic rings. The normalized spacial score (nSPS) is 14.1. The van der Waals surface area contributed by atoms with Crippen LogP contribution in [0.1, 0.15) is 15.9 Å². The number of carbonyl (C=O) groups is 1. The molecule has 4 rings (SSSR count). The van der Waals surface area contributed by atoms with Crippen LogP contribution in [-0.4, -0.2) is 40.6 Å². The SMILES string of the molecule is Cc1cccc(NS(=O)(=O)c2ccc(NC(=O)c3ccc(N4CCOCC4)cc3)cc2)c1. The van der Waals surface area contributed by atoms with E-state index in [1.54, 1.807) is 42.5 Å². The number of nitrogens with one attached hydrogen (secondary N) is 2. The van der Waals surface area contributed by atoms with Crippen molar-refractivity contribution in [2.45, 2.75) is 11.8 Å². The van der Waals surface area contributed by atoms with E-state index in [2.05, 4.69) is 14.9 Å². The van der Waals surface area contributed by atoms with Gasteiger partial charge < -0.3 is 15.0 Å². The van der Waals surface area contributed by atoms with Gasteiger partial charge in [0.2, 0.25) is 0 Å². The lowest BCUT2D eigenvalue weighted by Gasteiger charge is -2.28. The number of hydrogen-bond donors (Lipinski definition) is 2. The number of sulfonamides is 1. The Hall–Kier alpha value is -3.36. The average Bonchev–Trinajstić information content (AvgIpc) is 2.80. The number of anilines is 3. The second-order valence-electron chi connectivity index (χ2n) is 7.60. The van der Waals surface area contributed by atoms with Gasteiger partial charge in [0.25, 0.3) is 15.9 Å². The summed E-state index contributed by atoms with van der Waals surface area (Å²) in [6.07, 6.45) is 0. The second kappa shape index (κ2) is 9.42. The zero-order chi connectivity index (χ0) is 22.6. The molecule has 166 valence electrons. The van der Waals surface area contributed by atoms with Gasteiger partial charge in [-0.05, 0) is 73.2 Å². The maximum Gasteiger partial charge on any atom is 0.261 e. The number of amides is 1. The Morgan fingerprint density at radius 1 is 0.906 bits per heavy atom. The number of hydrogen-bond acceptors (Lipinski definition) is 5. The molecule has 0 bridgehead atoms. The molecular weight excluding hydrogens is 426 g/mol. The minimum atomic E-state index is -3.72. The summed E-state index contributed by atoms with van der Waals surface area (Å²) in [5.41, 5.74) is 3.56. The molecule has 0 saturated carbocycles. The molecule has 0 aromatic heterocycles. The predicted molar refractivity (Wildman–Crippen MR) is 126 cm³/mol. The Balaban J connectivity index is 1.40. The van der Waals surface area contributed by atoms with E-state index in [0.717, 1.165) is 24.3 Å². The van der Waals surface area contributed by atoms with E-state index in [0.29, 0.717) is 30.2 Å². The van der Waals surface area contributed by atoms with Crippen molar-refractivity contribution in [1.82, 2.24) is 0 Å². The topological polar surface area (TPSA) is 87.7 Å². The lowest BCUT2D eigenvalue weighted by atomic mass is 10.1. The van der Waals surface area contributed by atoms with Gasteiger partial charge in [0, 0.05) is 35.7 Å². The number of rotatable bonds is 6. The van der Waals surface area contributed by atoms with Crippen molar-refractivity contribution in [3.8, 4) is 0 Å². The lowest BCUT2D eigenvalue weighted by Crippen LogP contribution is -2.36. The largest absolute Gasteiger partial charge is 0.378 e. The van der Waals surface area contributed by atoms with Gasteiger partial charge in [0.15, 0.2) is 0 Å². The van der Waals surface area contributed by atoms with E-state index in [1.165, 1.54) is 12.1 Å². The highest BCUT2D eigenvalue weighted by Gasteiger charge is 2.15. The average molecular weight is 452 g/mol. The lowest BCUT2D eigenvalue weighted by molar-refractivity contribution is 0.102. The molecule has 1 amide bonds. The van der Waals surface area contributed by atoms with E-state index < -0.39 is 10.0 Å². The molecule has 0 atom stereocenters. The maximum absolute atomic E-state index is 12.6. The number of benzene rings is 3. The molecule has 0 aliphatic carbocycles. The molecule has 1 saturated heterocycles. The van der Waals surface area contributed by atoms with Gasteiger partial charge in [-0.1, -0.05) is 12.1 Å². The molecular formula is C24H25N3O4S. The van der Waals surface area contributed by atoms with Crippen LogP contribution in [0.3, 0.4) is 0 Å². The highest BCUT2D eigenvalue weighted by Crippen LogP contribution is 2.20. The van der Waals surface area contributed by atoms with Crippen LogP contribution in [0.2, 0.25) is 0 Å². The third-order valence-electron chi connectivity index (χ3n) is 5.20. The van der Waals surface area contributed by atoms with Crippen LogP contribution in [-0.2, 0) is 14.8 Å². The standard InChI is InChI=1S/C24H25N3O4S/c1-18-3-2-4-21(17-18)26-32(29,30)23-11-7-20(8-12-23)25-24(28)19-5-9-22(10-6-19)27-13-15-31-16-14-27/h2-12,17,26H,13-16H2,1H3,(H,25,28). The first-order valence-electron chi connectivity index (χ1n) is 10.3. The van der Waals surface area contributed by atoms with E-state index in [1.807, 2.05) is 25.1 Å². The van der Waals surface area contributed by atoms with Crippen molar-refractivity contribution < 1.29 is 17.9 Å². The van der Waals surface area contributed by atoms with Gasteiger partial charge >= 0.3 is 0 Å². The molecule has 0 spiro atoms. The third kappa shape index (κ3) is 5.27. The predicted octanol–water partition coefficient (Wildman–Crippen LogP) is 3.88. The van der Waals surface area contributed by atoms with Gasteiger partial charge in [-0.2, -0.15) is 0 Å². The van der Waals surface area contributed by atoms with Crippen LogP contribution >= 0.6 is 0 Å². The van der Waals surface area contributed by atoms with Gasteiger partial charge in [0.1, 0.15) is 0 Å². The molecule has 1 aliphatic heterocycles. The zero-order valence-corrected chi connectivity index (χ0v) is 18.6. The quantitative estimate of drug-likeness (QED) is 0.594. The zero-order valence-electron chi connectivity index (χ0n) is 17.7. The number of nitrogens with zero attached hydrogens (tertiary/aromatic N) is 1. The fourth-order valence-corrected chi connectivity index (χ4v) is 4.54. The maximum atomic E-state index is 12.6. The molecule has 3 aromatic carbocycles. The molecule has 1 heterocycles. The molecule has 0 radical (unpaired) electrons. The molecule has 1 fully saturated rings. The minimum absolute atomic E-state index is 0.117.